The highest BCUT2D eigenvalue weighted by Gasteiger charge is 2.18. The molecule has 0 saturated heterocycles. The van der Waals surface area contributed by atoms with Crippen molar-refractivity contribution in [3.8, 4) is 0 Å². The Hall–Kier alpha value is -1.86. The number of hydrogen-bond donors (Lipinski definition) is 1. The number of imidazole rings is 1. The molecule has 3 aromatic rings. The van der Waals surface area contributed by atoms with Crippen molar-refractivity contribution in [1.29, 1.82) is 0 Å². The number of hydrogen-bond acceptors (Lipinski definition) is 4. The van der Waals surface area contributed by atoms with Crippen molar-refractivity contribution in [2.75, 3.05) is 4.72 Å². The molecule has 3 rings (SSSR count). The number of nitrogens with one attached hydrogen (secondary N) is 1. The highest BCUT2D eigenvalue weighted by molar-refractivity contribution is 7.94. The van der Waals surface area contributed by atoms with Crippen LogP contribution in [0.25, 0.3) is 11.0 Å². The van der Waals surface area contributed by atoms with Crippen LogP contribution in [0.5, 0.6) is 0 Å². The Balaban J connectivity index is 2.05. The van der Waals surface area contributed by atoms with Gasteiger partial charge in [0.1, 0.15) is 4.21 Å². The molecule has 5 nitrogen and oxygen atoms in total. The highest BCUT2D eigenvalue weighted by atomic mass is 32.2. The number of thiophene rings is 1. The van der Waals surface area contributed by atoms with Crippen LogP contribution in [-0.2, 0) is 17.1 Å². The van der Waals surface area contributed by atoms with E-state index in [9.17, 15) is 8.42 Å². The molecule has 0 aliphatic rings. The zero-order valence-corrected chi connectivity index (χ0v) is 11.7. The lowest BCUT2D eigenvalue weighted by Crippen LogP contribution is -2.14. The molecule has 0 unspecified atom stereocenters. The molecule has 0 aliphatic carbocycles. The molecule has 2 aromatic heterocycles. The van der Waals surface area contributed by atoms with Crippen molar-refractivity contribution in [2.45, 2.75) is 4.21 Å². The monoisotopic (exact) mass is 293 g/mol. The zero-order valence-electron chi connectivity index (χ0n) is 10.1. The first-order valence-electron chi connectivity index (χ1n) is 5.56. The fraction of sp³-hybridized carbons (Fsp3) is 0.0833. The van der Waals surface area contributed by atoms with Gasteiger partial charge in [0.05, 0.1) is 11.0 Å². The second-order valence-corrected chi connectivity index (χ2v) is 6.88. The summed E-state index contributed by atoms with van der Waals surface area (Å²) in [4.78, 5) is 4.28. The second-order valence-electron chi connectivity index (χ2n) is 4.02. The lowest BCUT2D eigenvalue weighted by Gasteiger charge is -2.05. The average molecular weight is 293 g/mol. The Bertz CT molecular complexity index is 820. The van der Waals surface area contributed by atoms with Crippen molar-refractivity contribution >= 4 is 38.3 Å². The third kappa shape index (κ3) is 2.11. The molecule has 1 N–H and O–H groups in total. The third-order valence-electron chi connectivity index (χ3n) is 2.77. The van der Waals surface area contributed by atoms with E-state index in [1.165, 1.54) is 11.3 Å². The Morgan fingerprint density at radius 2 is 2.00 bits per heavy atom. The molecule has 0 spiro atoms. The van der Waals surface area contributed by atoms with Crippen LogP contribution in [-0.4, -0.2) is 18.0 Å². The number of aryl methyl sites for hydroxylation is 1. The van der Waals surface area contributed by atoms with Crippen LogP contribution >= 0.6 is 11.3 Å². The largest absolute Gasteiger partial charge is 0.313 e. The molecule has 7 heteroatoms. The van der Waals surface area contributed by atoms with Crippen molar-refractivity contribution in [3.63, 3.8) is 0 Å². The first-order chi connectivity index (χ1) is 9.08. The number of sulfonamides is 1. The van der Waals surface area contributed by atoms with E-state index in [4.69, 9.17) is 0 Å². The van der Waals surface area contributed by atoms with Gasteiger partial charge in [-0.2, -0.15) is 0 Å². The summed E-state index contributed by atoms with van der Waals surface area (Å²) in [6.07, 6.45) is 0. The van der Waals surface area contributed by atoms with Gasteiger partial charge in [-0.25, -0.2) is 18.1 Å². The number of aromatic nitrogens is 2. The first-order valence-corrected chi connectivity index (χ1v) is 7.92. The lowest BCUT2D eigenvalue weighted by atomic mass is 10.3. The lowest BCUT2D eigenvalue weighted by molar-refractivity contribution is 0.602. The normalized spacial score (nSPS) is 11.8. The quantitative estimate of drug-likeness (QED) is 0.806. The van der Waals surface area contributed by atoms with Crippen LogP contribution in [0.15, 0.2) is 46.0 Å². The molecule has 1 aromatic carbocycles. The van der Waals surface area contributed by atoms with Gasteiger partial charge in [0.15, 0.2) is 0 Å². The molecule has 0 aliphatic heterocycles. The predicted octanol–water partition coefficient (Wildman–Crippen LogP) is 2.44. The van der Waals surface area contributed by atoms with E-state index in [1.54, 1.807) is 29.1 Å². The van der Waals surface area contributed by atoms with E-state index >= 15 is 0 Å². The van der Waals surface area contributed by atoms with Crippen molar-refractivity contribution in [1.82, 2.24) is 9.55 Å². The van der Waals surface area contributed by atoms with Gasteiger partial charge < -0.3 is 4.57 Å². The first kappa shape index (κ1) is 12.2. The van der Waals surface area contributed by atoms with E-state index in [0.717, 1.165) is 11.0 Å². The number of para-hydroxylation sites is 2. The number of rotatable bonds is 3. The van der Waals surface area contributed by atoms with Crippen LogP contribution in [0.1, 0.15) is 0 Å². The summed E-state index contributed by atoms with van der Waals surface area (Å²) in [5, 5.41) is 1.73. The van der Waals surface area contributed by atoms with E-state index in [2.05, 4.69) is 9.71 Å². The maximum Gasteiger partial charge on any atom is 0.273 e. The zero-order chi connectivity index (χ0) is 13.5. The number of benzene rings is 1. The SMILES string of the molecule is Cn1c(NS(=O)(=O)c2cccs2)nc2ccccc21. The summed E-state index contributed by atoms with van der Waals surface area (Å²) in [6, 6.07) is 10.8. The average Bonchev–Trinajstić information content (AvgIpc) is 3.00. The van der Waals surface area contributed by atoms with Gasteiger partial charge in [0, 0.05) is 7.05 Å². The minimum atomic E-state index is -3.55. The van der Waals surface area contributed by atoms with Crippen molar-refractivity contribution in [2.24, 2.45) is 7.05 Å². The molecule has 0 atom stereocenters. The smallest absolute Gasteiger partial charge is 0.273 e. The fourth-order valence-electron chi connectivity index (χ4n) is 1.82. The molecule has 0 fully saturated rings. The molecular formula is C12H11N3O2S2. The molecular weight excluding hydrogens is 282 g/mol. The number of nitrogens with zero attached hydrogens (tertiary/aromatic N) is 2. The maximum absolute atomic E-state index is 12.1. The van der Waals surface area contributed by atoms with Gasteiger partial charge in [0.25, 0.3) is 10.0 Å². The van der Waals surface area contributed by atoms with Crippen LogP contribution < -0.4 is 4.72 Å². The van der Waals surface area contributed by atoms with Gasteiger partial charge in [0.2, 0.25) is 5.95 Å². The molecule has 0 bridgehead atoms. The van der Waals surface area contributed by atoms with Crippen LogP contribution in [0, 0.1) is 0 Å². The van der Waals surface area contributed by atoms with Gasteiger partial charge in [-0.15, -0.1) is 11.3 Å². The van der Waals surface area contributed by atoms with Gasteiger partial charge in [-0.3, -0.25) is 0 Å². The summed E-state index contributed by atoms with van der Waals surface area (Å²) in [7, 11) is -1.78. The summed E-state index contributed by atoms with van der Waals surface area (Å²) in [5.74, 6) is 0.314. The summed E-state index contributed by atoms with van der Waals surface area (Å²) >= 11 is 1.17. The van der Waals surface area contributed by atoms with E-state index in [-0.39, 0.29) is 4.21 Å². The van der Waals surface area contributed by atoms with E-state index < -0.39 is 10.0 Å². The minimum Gasteiger partial charge on any atom is -0.313 e. The highest BCUT2D eigenvalue weighted by Crippen LogP contribution is 2.22. The molecule has 2 heterocycles. The van der Waals surface area contributed by atoms with Crippen LogP contribution in [0.3, 0.4) is 0 Å². The molecule has 19 heavy (non-hydrogen) atoms. The summed E-state index contributed by atoms with van der Waals surface area (Å²) in [6.45, 7) is 0. The standard InChI is InChI=1S/C12H11N3O2S2/c1-15-10-6-3-2-5-9(10)13-12(15)14-19(16,17)11-7-4-8-18-11/h2-8H,1H3,(H,13,14). The maximum atomic E-state index is 12.1. The molecule has 0 amide bonds. The van der Waals surface area contributed by atoms with Crippen molar-refractivity contribution in [3.05, 3.63) is 41.8 Å². The topological polar surface area (TPSA) is 64.0 Å². The van der Waals surface area contributed by atoms with Crippen LogP contribution in [0.2, 0.25) is 0 Å². The Labute approximate surface area is 114 Å². The number of anilines is 1. The molecule has 0 radical (unpaired) electrons. The Kier molecular flexibility index (Phi) is 2.79. The Morgan fingerprint density at radius 3 is 2.68 bits per heavy atom. The van der Waals surface area contributed by atoms with Gasteiger partial charge in [-0.1, -0.05) is 18.2 Å². The summed E-state index contributed by atoms with van der Waals surface area (Å²) < 4.78 is 28.8. The fourth-order valence-corrected chi connectivity index (χ4v) is 3.85. The Morgan fingerprint density at radius 1 is 1.21 bits per heavy atom. The predicted molar refractivity (Wildman–Crippen MR) is 75.8 cm³/mol. The van der Waals surface area contributed by atoms with Crippen LogP contribution in [0.4, 0.5) is 5.95 Å². The molecule has 0 saturated carbocycles. The minimum absolute atomic E-state index is 0.277. The van der Waals surface area contributed by atoms with E-state index in [1.807, 2.05) is 24.3 Å². The van der Waals surface area contributed by atoms with Gasteiger partial charge >= 0.3 is 0 Å². The third-order valence-corrected chi connectivity index (χ3v) is 5.50. The second kappa shape index (κ2) is 4.36. The van der Waals surface area contributed by atoms with Crippen molar-refractivity contribution < 1.29 is 8.42 Å². The van der Waals surface area contributed by atoms with E-state index in [0.29, 0.717) is 5.95 Å². The van der Waals surface area contributed by atoms with Gasteiger partial charge in [-0.05, 0) is 23.6 Å². The molecule has 98 valence electrons. The summed E-state index contributed by atoms with van der Waals surface area (Å²) in [5.41, 5.74) is 1.64. The number of fused-ring (bicyclic) bond motifs is 1.